The van der Waals surface area contributed by atoms with Gasteiger partial charge in [-0.05, 0) is 90.9 Å². The Morgan fingerprint density at radius 2 is 1.70 bits per heavy atom. The molecule has 5 rings (SSSR count). The number of aliphatic carboxylic acids is 1. The minimum absolute atomic E-state index is 0.0335. The molecule has 9 heteroatoms. The summed E-state index contributed by atoms with van der Waals surface area (Å²) < 4.78 is 12.6. The minimum atomic E-state index is -1.56. The lowest BCUT2D eigenvalue weighted by molar-refractivity contribution is -0.312. The molecule has 0 aromatic carbocycles. The predicted molar refractivity (Wildman–Crippen MR) is 172 cm³/mol. The number of rotatable bonds is 9. The molecule has 4 aliphatic carbocycles. The highest BCUT2D eigenvalue weighted by atomic mass is 16.7. The summed E-state index contributed by atoms with van der Waals surface area (Å²) in [5.41, 5.74) is 1.90. The van der Waals surface area contributed by atoms with Gasteiger partial charge in [-0.3, -0.25) is 9.59 Å². The molecule has 0 amide bonds. The first-order valence-electron chi connectivity index (χ1n) is 17.5. The molecule has 5 aliphatic rings. The van der Waals surface area contributed by atoms with Crippen molar-refractivity contribution in [3.8, 4) is 0 Å². The number of carbonyl (C=O) groups excluding carboxylic acids is 1. The predicted octanol–water partition coefficient (Wildman–Crippen LogP) is 4.79. The van der Waals surface area contributed by atoms with Crippen LogP contribution in [-0.2, 0) is 19.1 Å². The lowest BCUT2D eigenvalue weighted by Crippen LogP contribution is -2.61. The number of hydrogen-bond acceptors (Lipinski definition) is 8. The second-order valence-electron chi connectivity index (χ2n) is 16.8. The molecule has 1 saturated heterocycles. The summed E-state index contributed by atoms with van der Waals surface area (Å²) in [6, 6.07) is 0. The van der Waals surface area contributed by atoms with Crippen LogP contribution in [0, 0.1) is 45.3 Å². The van der Waals surface area contributed by atoms with Gasteiger partial charge in [0, 0.05) is 11.8 Å². The van der Waals surface area contributed by atoms with E-state index < -0.39 is 66.1 Å². The van der Waals surface area contributed by atoms with Crippen LogP contribution in [-0.4, -0.2) is 80.7 Å². The van der Waals surface area contributed by atoms with E-state index >= 15 is 0 Å². The molecular weight excluding hydrogens is 588 g/mol. The average molecular weight is 647 g/mol. The average Bonchev–Trinajstić information content (AvgIpc) is 3.26. The quantitative estimate of drug-likeness (QED) is 0.223. The fraction of sp³-hybridized carbons (Fsp3) is 0.838. The number of hydrogen-bond donors (Lipinski definition) is 5. The van der Waals surface area contributed by atoms with Crippen molar-refractivity contribution in [1.29, 1.82) is 0 Å². The zero-order valence-electron chi connectivity index (χ0n) is 28.9. The first-order chi connectivity index (χ1) is 21.3. The molecule has 0 unspecified atom stereocenters. The summed E-state index contributed by atoms with van der Waals surface area (Å²) in [6.07, 6.45) is -1.40. The molecule has 5 N–H and O–H groups in total. The van der Waals surface area contributed by atoms with Crippen LogP contribution in [0.3, 0.4) is 0 Å². The fourth-order valence-electron chi connectivity index (χ4n) is 10.7. The van der Waals surface area contributed by atoms with Crippen LogP contribution in [0.15, 0.2) is 23.3 Å². The highest BCUT2D eigenvalue weighted by Crippen LogP contribution is 2.72. The van der Waals surface area contributed by atoms with Crippen LogP contribution in [0.25, 0.3) is 0 Å². The SMILES string of the molecule is C=C(CC[C@@H](C(=O)O)[C@H]1CC[C@@]2(C)C3=C(CC[C@]12C)[C@@]1(C)CCC(=O)C(C)(C)[C@@H]1C[C@H]3O[C@@H]1O[C@H](CO)[C@@H](O)[C@H](O)[C@H]1O)C(C)C. The number of carbonyl (C=O) groups is 2. The summed E-state index contributed by atoms with van der Waals surface area (Å²) in [7, 11) is 0. The second-order valence-corrected chi connectivity index (χ2v) is 16.8. The van der Waals surface area contributed by atoms with Gasteiger partial charge in [0.1, 0.15) is 30.2 Å². The van der Waals surface area contributed by atoms with Gasteiger partial charge < -0.3 is 35.0 Å². The normalized spacial score (nSPS) is 44.4. The minimum Gasteiger partial charge on any atom is -0.481 e. The number of ketones is 1. The van der Waals surface area contributed by atoms with Crippen LogP contribution in [0.1, 0.15) is 106 Å². The van der Waals surface area contributed by atoms with E-state index in [0.29, 0.717) is 31.6 Å². The van der Waals surface area contributed by atoms with Crippen molar-refractivity contribution < 1.29 is 44.6 Å². The highest BCUT2D eigenvalue weighted by Gasteiger charge is 2.66. The van der Waals surface area contributed by atoms with Crippen molar-refractivity contribution in [1.82, 2.24) is 0 Å². The zero-order valence-corrected chi connectivity index (χ0v) is 28.9. The Morgan fingerprint density at radius 3 is 2.30 bits per heavy atom. The van der Waals surface area contributed by atoms with Gasteiger partial charge in [-0.15, -0.1) is 0 Å². The molecule has 0 radical (unpaired) electrons. The lowest BCUT2D eigenvalue weighted by atomic mass is 9.43. The molecule has 3 fully saturated rings. The monoisotopic (exact) mass is 646 g/mol. The van der Waals surface area contributed by atoms with Gasteiger partial charge in [0.15, 0.2) is 6.29 Å². The van der Waals surface area contributed by atoms with Gasteiger partial charge in [0.2, 0.25) is 0 Å². The number of ether oxygens (including phenoxy) is 2. The Hall–Kier alpha value is -1.62. The van der Waals surface area contributed by atoms with Crippen molar-refractivity contribution in [2.24, 2.45) is 45.3 Å². The molecule has 260 valence electrons. The molecule has 1 aliphatic heterocycles. The molecule has 0 bridgehead atoms. The summed E-state index contributed by atoms with van der Waals surface area (Å²) in [6.45, 7) is 18.7. The summed E-state index contributed by atoms with van der Waals surface area (Å²) in [4.78, 5) is 26.2. The smallest absolute Gasteiger partial charge is 0.306 e. The van der Waals surface area contributed by atoms with Crippen molar-refractivity contribution >= 4 is 11.8 Å². The largest absolute Gasteiger partial charge is 0.481 e. The first kappa shape index (κ1) is 35.7. The highest BCUT2D eigenvalue weighted by molar-refractivity contribution is 5.86. The summed E-state index contributed by atoms with van der Waals surface area (Å²) in [5.74, 6) is -0.827. The van der Waals surface area contributed by atoms with Gasteiger partial charge in [0.25, 0.3) is 0 Å². The summed E-state index contributed by atoms with van der Waals surface area (Å²) >= 11 is 0. The van der Waals surface area contributed by atoms with Gasteiger partial charge in [-0.25, -0.2) is 0 Å². The number of aliphatic hydroxyl groups is 4. The fourth-order valence-corrected chi connectivity index (χ4v) is 10.7. The number of aliphatic hydroxyl groups excluding tert-OH is 4. The maximum absolute atomic E-state index is 13.3. The lowest BCUT2D eigenvalue weighted by Gasteiger charge is -2.62. The molecule has 46 heavy (non-hydrogen) atoms. The molecule has 0 aromatic rings. The molecule has 0 aromatic heterocycles. The van der Waals surface area contributed by atoms with Crippen molar-refractivity contribution in [2.45, 2.75) is 143 Å². The second kappa shape index (κ2) is 12.4. The Bertz CT molecular complexity index is 1250. The zero-order chi connectivity index (χ0) is 34.1. The molecule has 1 heterocycles. The molecule has 2 saturated carbocycles. The van der Waals surface area contributed by atoms with Crippen LogP contribution in [0.2, 0.25) is 0 Å². The topological polar surface area (TPSA) is 154 Å². The maximum Gasteiger partial charge on any atom is 0.306 e. The van der Waals surface area contributed by atoms with Crippen molar-refractivity contribution in [3.63, 3.8) is 0 Å². The molecule has 0 spiro atoms. The van der Waals surface area contributed by atoms with E-state index in [4.69, 9.17) is 9.47 Å². The third-order valence-electron chi connectivity index (χ3n) is 14.1. The van der Waals surface area contributed by atoms with E-state index in [1.165, 1.54) is 5.57 Å². The van der Waals surface area contributed by atoms with Crippen LogP contribution in [0.5, 0.6) is 0 Å². The van der Waals surface area contributed by atoms with E-state index in [0.717, 1.165) is 43.3 Å². The van der Waals surface area contributed by atoms with Gasteiger partial charge >= 0.3 is 5.97 Å². The van der Waals surface area contributed by atoms with Gasteiger partial charge in [-0.2, -0.15) is 0 Å². The molecule has 12 atom stereocenters. The number of Topliss-reactive ketones (excluding diaryl/α,β-unsaturated/α-hetero) is 1. The Kier molecular flexibility index (Phi) is 9.59. The third-order valence-corrected chi connectivity index (χ3v) is 14.1. The van der Waals surface area contributed by atoms with E-state index in [2.05, 4.69) is 41.2 Å². The van der Waals surface area contributed by atoms with E-state index in [1.807, 2.05) is 13.8 Å². The van der Waals surface area contributed by atoms with Gasteiger partial charge in [0.05, 0.1) is 18.6 Å². The molecular formula is C37H58O9. The van der Waals surface area contributed by atoms with E-state index in [9.17, 15) is 35.1 Å². The number of allylic oxidation sites excluding steroid dienone is 2. The standard InChI is InChI=1S/C37H58O9/c1-19(2)20(3)9-10-21(32(43)44)22-11-16-37(8)28-23(12-15-36(22,37)7)35(6)14-13-27(39)34(4,5)26(35)17-24(28)45-33-31(42)30(41)29(40)25(18-38)46-33/h19,21-22,24-26,29-31,33,38,40-42H,3,9-18H2,1-2,4-8H3,(H,43,44)/t21-,22-,24-,25-,26+,29-,30+,31-,33-,35-,36-,37+/m1/s1. The summed E-state index contributed by atoms with van der Waals surface area (Å²) in [5, 5.41) is 52.5. The van der Waals surface area contributed by atoms with Gasteiger partial charge in [-0.1, -0.05) is 66.2 Å². The third kappa shape index (κ3) is 5.36. The van der Waals surface area contributed by atoms with Crippen molar-refractivity contribution in [3.05, 3.63) is 23.3 Å². The Morgan fingerprint density at radius 1 is 1.02 bits per heavy atom. The van der Waals surface area contributed by atoms with Crippen LogP contribution in [0.4, 0.5) is 0 Å². The molecule has 9 nitrogen and oxygen atoms in total. The van der Waals surface area contributed by atoms with Crippen LogP contribution < -0.4 is 0 Å². The first-order valence-corrected chi connectivity index (χ1v) is 17.5. The maximum atomic E-state index is 13.3. The Labute approximate surface area is 274 Å². The van der Waals surface area contributed by atoms with E-state index in [-0.39, 0.29) is 28.4 Å². The Balaban J connectivity index is 1.58. The van der Waals surface area contributed by atoms with Crippen molar-refractivity contribution in [2.75, 3.05) is 6.61 Å². The number of carboxylic acids is 1. The number of carboxylic acid groups (broad SMARTS) is 1. The number of fused-ring (bicyclic) bond motifs is 4. The van der Waals surface area contributed by atoms with Crippen LogP contribution >= 0.6 is 0 Å². The van der Waals surface area contributed by atoms with E-state index in [1.54, 1.807) is 0 Å².